The highest BCUT2D eigenvalue weighted by Gasteiger charge is 2.12. The van der Waals surface area contributed by atoms with Gasteiger partial charge in [0.2, 0.25) is 0 Å². The van der Waals surface area contributed by atoms with Crippen LogP contribution in [0.4, 0.5) is 11.4 Å². The number of hydrogen-bond acceptors (Lipinski definition) is 4. The van der Waals surface area contributed by atoms with Gasteiger partial charge in [-0.25, -0.2) is 0 Å². The summed E-state index contributed by atoms with van der Waals surface area (Å²) in [6.45, 7) is 1.68. The van der Waals surface area contributed by atoms with Gasteiger partial charge in [-0.1, -0.05) is 6.07 Å². The number of nitro groups is 1. The number of rotatable bonds is 5. The second-order valence-corrected chi connectivity index (χ2v) is 6.40. The monoisotopic (exact) mass is 442 g/mol. The van der Waals surface area contributed by atoms with Crippen LogP contribution in [0.3, 0.4) is 0 Å². The quantitative estimate of drug-likeness (QED) is 0.546. The van der Waals surface area contributed by atoms with E-state index in [1.54, 1.807) is 6.07 Å². The van der Waals surface area contributed by atoms with Gasteiger partial charge >= 0.3 is 0 Å². The normalized spacial score (nSPS) is 10.2. The van der Waals surface area contributed by atoms with Crippen LogP contribution < -0.4 is 10.1 Å². The molecule has 0 saturated carbocycles. The van der Waals surface area contributed by atoms with Crippen molar-refractivity contribution in [3.8, 4) is 5.75 Å². The second kappa shape index (κ2) is 7.56. The lowest BCUT2D eigenvalue weighted by Gasteiger charge is -2.11. The standard InChI is InChI=1S/C15H12Br2N2O4/c1-9-5-12(16)15(13(17)6-9)18-14(20)8-23-11-4-2-3-10(7-11)19(21)22/h2-7H,8H2,1H3,(H,18,20). The van der Waals surface area contributed by atoms with Gasteiger partial charge in [0.15, 0.2) is 6.61 Å². The largest absolute Gasteiger partial charge is 0.484 e. The maximum atomic E-state index is 12.0. The third-order valence-corrected chi connectivity index (χ3v) is 4.10. The number of nitrogens with one attached hydrogen (secondary N) is 1. The Labute approximate surface area is 149 Å². The number of hydrogen-bond donors (Lipinski definition) is 1. The minimum Gasteiger partial charge on any atom is -0.484 e. The number of nitrogens with zero attached hydrogens (tertiary/aromatic N) is 1. The van der Waals surface area contributed by atoms with Crippen LogP contribution in [0.1, 0.15) is 5.56 Å². The summed E-state index contributed by atoms with van der Waals surface area (Å²) in [5.74, 6) is -0.113. The number of aryl methyl sites for hydroxylation is 1. The van der Waals surface area contributed by atoms with E-state index in [2.05, 4.69) is 37.2 Å². The first-order valence-electron chi connectivity index (χ1n) is 6.49. The molecule has 0 aliphatic rings. The number of ether oxygens (including phenoxy) is 1. The van der Waals surface area contributed by atoms with Crippen LogP contribution >= 0.6 is 31.9 Å². The Kier molecular flexibility index (Phi) is 5.73. The van der Waals surface area contributed by atoms with E-state index in [1.165, 1.54) is 18.2 Å². The maximum Gasteiger partial charge on any atom is 0.273 e. The average molecular weight is 444 g/mol. The lowest BCUT2D eigenvalue weighted by Crippen LogP contribution is -2.20. The molecule has 0 aromatic heterocycles. The molecule has 8 heteroatoms. The van der Waals surface area contributed by atoms with Gasteiger partial charge in [-0.3, -0.25) is 14.9 Å². The van der Waals surface area contributed by atoms with Crippen molar-refractivity contribution in [3.63, 3.8) is 0 Å². The molecule has 120 valence electrons. The predicted octanol–water partition coefficient (Wildman–Crippen LogP) is 4.45. The number of carbonyl (C=O) groups excluding carboxylic acids is 1. The summed E-state index contributed by atoms with van der Waals surface area (Å²) in [6.07, 6.45) is 0. The van der Waals surface area contributed by atoms with Crippen molar-refractivity contribution in [1.29, 1.82) is 0 Å². The molecule has 0 bridgehead atoms. The van der Waals surface area contributed by atoms with Crippen molar-refractivity contribution in [2.24, 2.45) is 0 Å². The predicted molar refractivity (Wildman–Crippen MR) is 93.8 cm³/mol. The Morgan fingerprint density at radius 1 is 1.26 bits per heavy atom. The molecule has 0 aliphatic carbocycles. The smallest absolute Gasteiger partial charge is 0.273 e. The summed E-state index contributed by atoms with van der Waals surface area (Å²) in [4.78, 5) is 22.2. The summed E-state index contributed by atoms with van der Waals surface area (Å²) in [7, 11) is 0. The molecule has 0 spiro atoms. The van der Waals surface area contributed by atoms with E-state index in [1.807, 2.05) is 19.1 Å². The Morgan fingerprint density at radius 3 is 2.52 bits per heavy atom. The van der Waals surface area contributed by atoms with Gasteiger partial charge in [-0.15, -0.1) is 0 Å². The van der Waals surface area contributed by atoms with Crippen LogP contribution in [0.15, 0.2) is 45.3 Å². The molecule has 0 atom stereocenters. The van der Waals surface area contributed by atoms with Gasteiger partial charge in [0.1, 0.15) is 5.75 Å². The molecular formula is C15H12Br2N2O4. The van der Waals surface area contributed by atoms with Gasteiger partial charge in [0.25, 0.3) is 11.6 Å². The fraction of sp³-hybridized carbons (Fsp3) is 0.133. The number of carbonyl (C=O) groups is 1. The highest BCUT2D eigenvalue weighted by molar-refractivity contribution is 9.11. The van der Waals surface area contributed by atoms with Crippen LogP contribution in [0.5, 0.6) is 5.75 Å². The Hall–Kier alpha value is -1.93. The van der Waals surface area contributed by atoms with Crippen LogP contribution in [0, 0.1) is 17.0 Å². The fourth-order valence-corrected chi connectivity index (χ4v) is 3.44. The van der Waals surface area contributed by atoms with E-state index in [0.717, 1.165) is 14.5 Å². The van der Waals surface area contributed by atoms with Crippen LogP contribution in [0.2, 0.25) is 0 Å². The molecule has 1 N–H and O–H groups in total. The van der Waals surface area contributed by atoms with Crippen molar-refractivity contribution in [2.45, 2.75) is 6.92 Å². The van der Waals surface area contributed by atoms with Gasteiger partial charge in [-0.05, 0) is 62.5 Å². The summed E-state index contributed by atoms with van der Waals surface area (Å²) in [5.41, 5.74) is 1.55. The van der Waals surface area contributed by atoms with E-state index in [9.17, 15) is 14.9 Å². The van der Waals surface area contributed by atoms with Gasteiger partial charge in [0.05, 0.1) is 16.7 Å². The van der Waals surface area contributed by atoms with Crippen molar-refractivity contribution in [2.75, 3.05) is 11.9 Å². The summed E-state index contributed by atoms with van der Waals surface area (Å²) < 4.78 is 6.77. The van der Waals surface area contributed by atoms with Crippen molar-refractivity contribution < 1.29 is 14.5 Å². The molecule has 0 heterocycles. The molecule has 2 rings (SSSR count). The van der Waals surface area contributed by atoms with E-state index in [4.69, 9.17) is 4.74 Å². The zero-order valence-corrected chi connectivity index (χ0v) is 15.2. The number of halogens is 2. The lowest BCUT2D eigenvalue weighted by molar-refractivity contribution is -0.384. The zero-order valence-electron chi connectivity index (χ0n) is 12.0. The van der Waals surface area contributed by atoms with E-state index in [0.29, 0.717) is 5.69 Å². The highest BCUT2D eigenvalue weighted by atomic mass is 79.9. The first-order chi connectivity index (χ1) is 10.9. The lowest BCUT2D eigenvalue weighted by atomic mass is 10.2. The summed E-state index contributed by atoms with van der Waals surface area (Å²) >= 11 is 6.77. The molecule has 1 amide bonds. The fourth-order valence-electron chi connectivity index (χ4n) is 1.83. The maximum absolute atomic E-state index is 12.0. The molecule has 2 aromatic carbocycles. The van der Waals surface area contributed by atoms with Crippen molar-refractivity contribution in [1.82, 2.24) is 0 Å². The molecule has 6 nitrogen and oxygen atoms in total. The molecule has 2 aromatic rings. The molecule has 0 saturated heterocycles. The van der Waals surface area contributed by atoms with Crippen molar-refractivity contribution in [3.05, 3.63) is 61.0 Å². The number of non-ortho nitro benzene ring substituents is 1. The Bertz CT molecular complexity index is 742. The minimum atomic E-state index is -0.520. The number of anilines is 1. The third-order valence-electron chi connectivity index (χ3n) is 2.85. The van der Waals surface area contributed by atoms with E-state index < -0.39 is 4.92 Å². The van der Waals surface area contributed by atoms with Crippen LogP contribution in [-0.4, -0.2) is 17.4 Å². The van der Waals surface area contributed by atoms with E-state index >= 15 is 0 Å². The van der Waals surface area contributed by atoms with E-state index in [-0.39, 0.29) is 24.0 Å². The first kappa shape index (κ1) is 17.4. The number of benzene rings is 2. The highest BCUT2D eigenvalue weighted by Crippen LogP contribution is 2.32. The number of amides is 1. The Morgan fingerprint density at radius 2 is 1.91 bits per heavy atom. The second-order valence-electron chi connectivity index (χ2n) is 4.69. The zero-order chi connectivity index (χ0) is 17.0. The van der Waals surface area contributed by atoms with Gasteiger partial charge < -0.3 is 10.1 Å². The minimum absolute atomic E-state index is 0.0908. The molecule has 0 radical (unpaired) electrons. The van der Waals surface area contributed by atoms with Crippen molar-refractivity contribution >= 4 is 49.1 Å². The van der Waals surface area contributed by atoms with Crippen LogP contribution in [-0.2, 0) is 4.79 Å². The molecule has 0 aliphatic heterocycles. The van der Waals surface area contributed by atoms with Crippen LogP contribution in [0.25, 0.3) is 0 Å². The molecule has 0 unspecified atom stereocenters. The van der Waals surface area contributed by atoms with Gasteiger partial charge in [0, 0.05) is 15.0 Å². The Balaban J connectivity index is 2.01. The SMILES string of the molecule is Cc1cc(Br)c(NC(=O)COc2cccc([N+](=O)[O-])c2)c(Br)c1. The third kappa shape index (κ3) is 4.77. The topological polar surface area (TPSA) is 81.5 Å². The average Bonchev–Trinajstić information content (AvgIpc) is 2.49. The summed E-state index contributed by atoms with van der Waals surface area (Å²) in [6, 6.07) is 9.43. The number of nitro benzene ring substituents is 1. The first-order valence-corrected chi connectivity index (χ1v) is 8.08. The summed E-state index contributed by atoms with van der Waals surface area (Å²) in [5, 5.41) is 13.4. The molecule has 23 heavy (non-hydrogen) atoms. The molecule has 0 fully saturated rings. The molecular weight excluding hydrogens is 432 g/mol. The van der Waals surface area contributed by atoms with Gasteiger partial charge in [-0.2, -0.15) is 0 Å².